The van der Waals surface area contributed by atoms with Gasteiger partial charge < -0.3 is 10.6 Å². The van der Waals surface area contributed by atoms with Crippen LogP contribution < -0.4 is 10.6 Å². The number of carbonyl (C=O) groups is 1. The molecular formula is C21H17F4N3O. The minimum absolute atomic E-state index is 0.127. The van der Waals surface area contributed by atoms with E-state index < -0.39 is 28.9 Å². The smallest absolute Gasteiger partial charge is 0.369 e. The third-order valence-electron chi connectivity index (χ3n) is 5.39. The summed E-state index contributed by atoms with van der Waals surface area (Å²) in [5.41, 5.74) is 4.58. The molecule has 1 fully saturated rings. The van der Waals surface area contributed by atoms with Gasteiger partial charge in [-0.25, -0.2) is 4.39 Å². The van der Waals surface area contributed by atoms with E-state index in [9.17, 15) is 22.4 Å². The second-order valence-corrected chi connectivity index (χ2v) is 7.30. The molecule has 4 rings (SSSR count). The van der Waals surface area contributed by atoms with Crippen molar-refractivity contribution in [2.24, 2.45) is 11.1 Å². The number of hydrogen-bond donors (Lipinski definition) is 1. The Kier molecular flexibility index (Phi) is 4.44. The maximum Gasteiger partial charge on any atom is 0.418 e. The summed E-state index contributed by atoms with van der Waals surface area (Å²) >= 11 is 0. The van der Waals surface area contributed by atoms with Crippen LogP contribution in [0.15, 0.2) is 54.7 Å². The van der Waals surface area contributed by atoms with E-state index in [1.165, 1.54) is 18.3 Å². The fraction of sp³-hybridized carbons (Fsp3) is 0.238. The molecule has 2 aromatic carbocycles. The lowest BCUT2D eigenvalue weighted by Crippen LogP contribution is -2.63. The van der Waals surface area contributed by atoms with Crippen molar-refractivity contribution in [3.05, 3.63) is 71.7 Å². The number of aromatic nitrogens is 1. The normalized spacial score (nSPS) is 15.9. The van der Waals surface area contributed by atoms with Gasteiger partial charge in [0, 0.05) is 30.4 Å². The van der Waals surface area contributed by atoms with E-state index in [0.29, 0.717) is 16.6 Å². The standard InChI is InChI=1S/C21H17F4N3O/c22-16-7-2-1-4-13(16)10-20(19(26)29)11-28(12-20)17-8-9-27-18-14(17)5-3-6-15(18)21(23,24)25/h1-9H,10-12H2,(H2,26,29). The Bertz CT molecular complexity index is 1090. The average molecular weight is 403 g/mol. The van der Waals surface area contributed by atoms with E-state index in [1.54, 1.807) is 35.2 Å². The summed E-state index contributed by atoms with van der Waals surface area (Å²) in [6.07, 6.45) is -3.09. The van der Waals surface area contributed by atoms with Gasteiger partial charge in [-0.05, 0) is 30.2 Å². The number of amides is 1. The fourth-order valence-electron chi connectivity index (χ4n) is 3.88. The molecule has 1 amide bonds. The number of pyridine rings is 1. The highest BCUT2D eigenvalue weighted by atomic mass is 19.4. The molecule has 0 unspecified atom stereocenters. The third kappa shape index (κ3) is 3.28. The Balaban J connectivity index is 1.67. The van der Waals surface area contributed by atoms with Gasteiger partial charge >= 0.3 is 6.18 Å². The molecule has 1 saturated heterocycles. The number of fused-ring (bicyclic) bond motifs is 1. The lowest BCUT2D eigenvalue weighted by atomic mass is 9.73. The number of nitrogens with two attached hydrogens (primary N) is 1. The molecule has 2 N–H and O–H groups in total. The second-order valence-electron chi connectivity index (χ2n) is 7.30. The first-order valence-corrected chi connectivity index (χ1v) is 8.94. The molecule has 4 nitrogen and oxygen atoms in total. The van der Waals surface area contributed by atoms with E-state index in [2.05, 4.69) is 4.98 Å². The van der Waals surface area contributed by atoms with Gasteiger partial charge in [-0.15, -0.1) is 0 Å². The van der Waals surface area contributed by atoms with Crippen molar-refractivity contribution in [3.8, 4) is 0 Å². The van der Waals surface area contributed by atoms with Gasteiger partial charge in [0.2, 0.25) is 5.91 Å². The zero-order valence-electron chi connectivity index (χ0n) is 15.2. The number of para-hydroxylation sites is 1. The number of anilines is 1. The lowest BCUT2D eigenvalue weighted by Gasteiger charge is -2.49. The zero-order valence-corrected chi connectivity index (χ0v) is 15.2. The van der Waals surface area contributed by atoms with Crippen LogP contribution in [0.1, 0.15) is 11.1 Å². The van der Waals surface area contributed by atoms with Crippen molar-refractivity contribution in [1.82, 2.24) is 4.98 Å². The molecular weight excluding hydrogens is 386 g/mol. The van der Waals surface area contributed by atoms with Crippen molar-refractivity contribution in [2.45, 2.75) is 12.6 Å². The first kappa shape index (κ1) is 19.2. The van der Waals surface area contributed by atoms with Crippen LogP contribution >= 0.6 is 0 Å². The molecule has 0 aliphatic carbocycles. The molecule has 0 saturated carbocycles. The summed E-state index contributed by atoms with van der Waals surface area (Å²) in [5, 5.41) is 0.339. The van der Waals surface area contributed by atoms with Gasteiger partial charge in [-0.2, -0.15) is 13.2 Å². The maximum atomic E-state index is 14.0. The first-order valence-electron chi connectivity index (χ1n) is 8.94. The molecule has 2 heterocycles. The Hall–Kier alpha value is -3.16. The minimum atomic E-state index is -4.53. The van der Waals surface area contributed by atoms with Crippen molar-refractivity contribution < 1.29 is 22.4 Å². The van der Waals surface area contributed by atoms with Crippen LogP contribution in [0.3, 0.4) is 0 Å². The number of primary amides is 1. The van der Waals surface area contributed by atoms with Gasteiger partial charge in [-0.1, -0.05) is 30.3 Å². The van der Waals surface area contributed by atoms with Crippen LogP contribution in [0.2, 0.25) is 0 Å². The molecule has 0 spiro atoms. The molecule has 0 atom stereocenters. The summed E-state index contributed by atoms with van der Waals surface area (Å²) in [6, 6.07) is 11.6. The Morgan fingerprint density at radius 3 is 2.48 bits per heavy atom. The van der Waals surface area contributed by atoms with Crippen LogP contribution in [0.25, 0.3) is 10.9 Å². The predicted molar refractivity (Wildman–Crippen MR) is 101 cm³/mol. The van der Waals surface area contributed by atoms with Crippen molar-refractivity contribution in [3.63, 3.8) is 0 Å². The number of rotatable bonds is 4. The highest BCUT2D eigenvalue weighted by Gasteiger charge is 2.49. The summed E-state index contributed by atoms with van der Waals surface area (Å²) in [4.78, 5) is 17.8. The monoisotopic (exact) mass is 403 g/mol. The molecule has 1 aliphatic rings. The molecule has 0 radical (unpaired) electrons. The molecule has 1 aromatic heterocycles. The van der Waals surface area contributed by atoms with Gasteiger partial charge in [-0.3, -0.25) is 9.78 Å². The summed E-state index contributed by atoms with van der Waals surface area (Å²) in [7, 11) is 0. The molecule has 8 heteroatoms. The summed E-state index contributed by atoms with van der Waals surface area (Å²) < 4.78 is 54.0. The van der Waals surface area contributed by atoms with Crippen molar-refractivity contribution in [2.75, 3.05) is 18.0 Å². The number of nitrogens with zero attached hydrogens (tertiary/aromatic N) is 2. The quantitative estimate of drug-likeness (QED) is 0.672. The fourth-order valence-corrected chi connectivity index (χ4v) is 3.88. The van der Waals surface area contributed by atoms with Crippen LogP contribution in [-0.2, 0) is 17.4 Å². The van der Waals surface area contributed by atoms with Crippen LogP contribution in [0, 0.1) is 11.2 Å². The Morgan fingerprint density at radius 1 is 1.10 bits per heavy atom. The highest BCUT2D eigenvalue weighted by molar-refractivity contribution is 5.95. The summed E-state index contributed by atoms with van der Waals surface area (Å²) in [5.74, 6) is -0.984. The van der Waals surface area contributed by atoms with E-state index >= 15 is 0 Å². The molecule has 0 bridgehead atoms. The molecule has 3 aromatic rings. The zero-order chi connectivity index (χ0) is 20.8. The number of halogens is 4. The van der Waals surface area contributed by atoms with Crippen LogP contribution in [0.5, 0.6) is 0 Å². The third-order valence-corrected chi connectivity index (χ3v) is 5.39. The lowest BCUT2D eigenvalue weighted by molar-refractivity contribution is -0.136. The minimum Gasteiger partial charge on any atom is -0.369 e. The van der Waals surface area contributed by atoms with E-state index in [4.69, 9.17) is 5.73 Å². The predicted octanol–water partition coefficient (Wildman–Crippen LogP) is 3.93. The van der Waals surface area contributed by atoms with Gasteiger partial charge in [0.15, 0.2) is 0 Å². The number of carbonyl (C=O) groups excluding carboxylic acids is 1. The van der Waals surface area contributed by atoms with E-state index in [1.807, 2.05) is 0 Å². The Labute approximate surface area is 163 Å². The van der Waals surface area contributed by atoms with Crippen molar-refractivity contribution >= 4 is 22.5 Å². The Morgan fingerprint density at radius 2 is 1.83 bits per heavy atom. The first-order chi connectivity index (χ1) is 13.7. The number of hydrogen-bond acceptors (Lipinski definition) is 3. The number of alkyl halides is 3. The van der Waals surface area contributed by atoms with Gasteiger partial charge in [0.25, 0.3) is 0 Å². The average Bonchev–Trinajstić information content (AvgIpc) is 2.64. The molecule has 150 valence electrons. The number of benzene rings is 2. The van der Waals surface area contributed by atoms with E-state index in [-0.39, 0.29) is 25.0 Å². The van der Waals surface area contributed by atoms with Gasteiger partial charge in [0.05, 0.1) is 16.5 Å². The highest BCUT2D eigenvalue weighted by Crippen LogP contribution is 2.42. The maximum absolute atomic E-state index is 14.0. The topological polar surface area (TPSA) is 59.2 Å². The molecule has 1 aliphatic heterocycles. The van der Waals surface area contributed by atoms with Crippen LogP contribution in [-0.4, -0.2) is 24.0 Å². The van der Waals surface area contributed by atoms with Crippen molar-refractivity contribution in [1.29, 1.82) is 0 Å². The van der Waals surface area contributed by atoms with E-state index in [0.717, 1.165) is 6.07 Å². The molecule has 29 heavy (non-hydrogen) atoms. The van der Waals surface area contributed by atoms with Gasteiger partial charge in [0.1, 0.15) is 5.82 Å². The second kappa shape index (κ2) is 6.72. The summed E-state index contributed by atoms with van der Waals surface area (Å²) in [6.45, 7) is 0.373. The largest absolute Gasteiger partial charge is 0.418 e. The SMILES string of the molecule is NC(=O)C1(Cc2ccccc2F)CN(c2ccnc3c(C(F)(F)F)cccc23)C1. The van der Waals surface area contributed by atoms with Crippen LogP contribution in [0.4, 0.5) is 23.2 Å².